The molecule has 3 rings (SSSR count). The van der Waals surface area contributed by atoms with Gasteiger partial charge in [-0.2, -0.15) is 10.1 Å². The number of rotatable bonds is 6. The molecule has 0 unspecified atom stereocenters. The van der Waals surface area contributed by atoms with Crippen molar-refractivity contribution in [3.8, 4) is 11.4 Å². The van der Waals surface area contributed by atoms with Gasteiger partial charge in [0.2, 0.25) is 5.82 Å². The molecule has 0 aliphatic carbocycles. The topological polar surface area (TPSA) is 83.0 Å². The van der Waals surface area contributed by atoms with E-state index in [1.165, 1.54) is 0 Å². The third-order valence-electron chi connectivity index (χ3n) is 3.70. The van der Waals surface area contributed by atoms with Crippen LogP contribution in [-0.4, -0.2) is 25.9 Å². The highest BCUT2D eigenvalue weighted by molar-refractivity contribution is 6.32. The molecule has 2 heterocycles. The summed E-state index contributed by atoms with van der Waals surface area (Å²) in [7, 11) is 0. The molecule has 1 aromatic carbocycles. The van der Waals surface area contributed by atoms with E-state index in [0.29, 0.717) is 29.0 Å². The summed E-state index contributed by atoms with van der Waals surface area (Å²) in [5.74, 6) is 0.322. The molecule has 0 amide bonds. The number of aryl methyl sites for hydroxylation is 1. The highest BCUT2D eigenvalue weighted by Gasteiger charge is 2.23. The Hall–Kier alpha value is -2.38. The Bertz CT molecular complexity index is 948. The third kappa shape index (κ3) is 4.48. The van der Waals surface area contributed by atoms with Crippen LogP contribution in [0.1, 0.15) is 35.8 Å². The molecule has 0 fully saturated rings. The number of benzene rings is 1. The van der Waals surface area contributed by atoms with Crippen LogP contribution in [0.5, 0.6) is 0 Å². The minimum absolute atomic E-state index is 0.162. The molecule has 2 aromatic heterocycles. The molecular weight excluding hydrogens is 391 g/mol. The van der Waals surface area contributed by atoms with Gasteiger partial charge in [-0.25, -0.2) is 4.79 Å². The largest absolute Gasteiger partial charge is 0.452 e. The van der Waals surface area contributed by atoms with E-state index in [2.05, 4.69) is 15.2 Å². The Morgan fingerprint density at radius 3 is 2.63 bits per heavy atom. The van der Waals surface area contributed by atoms with Crippen LogP contribution in [0.4, 0.5) is 0 Å². The van der Waals surface area contributed by atoms with Gasteiger partial charge in [-0.05, 0) is 37.1 Å². The number of halogens is 2. The zero-order chi connectivity index (χ0) is 19.6. The zero-order valence-electron chi connectivity index (χ0n) is 15.1. The average Bonchev–Trinajstić information content (AvgIpc) is 3.18. The van der Waals surface area contributed by atoms with E-state index < -0.39 is 5.97 Å². The predicted octanol–water partition coefficient (Wildman–Crippen LogP) is 4.56. The standard InChI is InChI=1S/C18H18Cl2N4O3/c1-10(2)8-24-16(20)15(11(3)22-24)18(25)26-9-14-21-17(23-27-14)12-4-6-13(19)7-5-12/h4-7,10H,8-9H2,1-3H3. The quantitative estimate of drug-likeness (QED) is 0.555. The Morgan fingerprint density at radius 2 is 1.96 bits per heavy atom. The van der Waals surface area contributed by atoms with E-state index in [9.17, 15) is 4.79 Å². The first-order valence-corrected chi connectivity index (χ1v) is 9.09. The lowest BCUT2D eigenvalue weighted by Crippen LogP contribution is -2.08. The van der Waals surface area contributed by atoms with E-state index in [4.69, 9.17) is 32.5 Å². The Morgan fingerprint density at radius 1 is 1.26 bits per heavy atom. The Labute approximate surface area is 166 Å². The molecule has 7 nitrogen and oxygen atoms in total. The molecule has 0 atom stereocenters. The lowest BCUT2D eigenvalue weighted by Gasteiger charge is -2.06. The van der Waals surface area contributed by atoms with Crippen LogP contribution in [0.15, 0.2) is 28.8 Å². The summed E-state index contributed by atoms with van der Waals surface area (Å²) < 4.78 is 12.0. The lowest BCUT2D eigenvalue weighted by atomic mass is 10.2. The maximum absolute atomic E-state index is 12.4. The number of hydrogen-bond acceptors (Lipinski definition) is 6. The fourth-order valence-corrected chi connectivity index (χ4v) is 2.93. The van der Waals surface area contributed by atoms with Crippen LogP contribution in [0.3, 0.4) is 0 Å². The smallest absolute Gasteiger partial charge is 0.343 e. The van der Waals surface area contributed by atoms with E-state index >= 15 is 0 Å². The van der Waals surface area contributed by atoms with Crippen molar-refractivity contribution in [1.29, 1.82) is 0 Å². The lowest BCUT2D eigenvalue weighted by molar-refractivity contribution is 0.0429. The summed E-state index contributed by atoms with van der Waals surface area (Å²) in [6.45, 7) is 6.24. The molecule has 27 heavy (non-hydrogen) atoms. The van der Waals surface area contributed by atoms with Gasteiger partial charge in [-0.1, -0.05) is 42.2 Å². The van der Waals surface area contributed by atoms with Crippen LogP contribution >= 0.6 is 23.2 Å². The number of ether oxygens (including phenoxy) is 1. The number of nitrogens with zero attached hydrogens (tertiary/aromatic N) is 4. The maximum atomic E-state index is 12.4. The van der Waals surface area contributed by atoms with Gasteiger partial charge in [-0.3, -0.25) is 4.68 Å². The van der Waals surface area contributed by atoms with E-state index in [1.807, 2.05) is 13.8 Å². The van der Waals surface area contributed by atoms with Crippen molar-refractivity contribution in [2.45, 2.75) is 33.9 Å². The zero-order valence-corrected chi connectivity index (χ0v) is 16.6. The maximum Gasteiger partial charge on any atom is 0.343 e. The van der Waals surface area contributed by atoms with E-state index in [-0.39, 0.29) is 23.2 Å². The van der Waals surface area contributed by atoms with Gasteiger partial charge >= 0.3 is 5.97 Å². The van der Waals surface area contributed by atoms with Gasteiger partial charge < -0.3 is 9.26 Å². The van der Waals surface area contributed by atoms with Gasteiger partial charge in [0.15, 0.2) is 6.61 Å². The monoisotopic (exact) mass is 408 g/mol. The van der Waals surface area contributed by atoms with Gasteiger partial charge in [0.05, 0.1) is 5.69 Å². The van der Waals surface area contributed by atoms with E-state index in [1.54, 1.807) is 35.9 Å². The molecule has 0 bridgehead atoms. The Balaban J connectivity index is 1.68. The summed E-state index contributed by atoms with van der Waals surface area (Å²) in [5, 5.41) is 9.05. The molecule has 0 spiro atoms. The number of hydrogen-bond donors (Lipinski definition) is 0. The fraction of sp³-hybridized carbons (Fsp3) is 0.333. The minimum atomic E-state index is -0.584. The van der Waals surface area contributed by atoms with Crippen LogP contribution in [0.2, 0.25) is 10.2 Å². The third-order valence-corrected chi connectivity index (χ3v) is 4.34. The van der Waals surface area contributed by atoms with Crippen LogP contribution < -0.4 is 0 Å². The highest BCUT2D eigenvalue weighted by atomic mass is 35.5. The van der Waals surface area contributed by atoms with E-state index in [0.717, 1.165) is 5.56 Å². The first kappa shape index (κ1) is 19.4. The second-order valence-electron chi connectivity index (χ2n) is 6.42. The van der Waals surface area contributed by atoms with Gasteiger partial charge in [0.1, 0.15) is 10.7 Å². The van der Waals surface area contributed by atoms with Crippen molar-refractivity contribution in [3.05, 3.63) is 51.6 Å². The van der Waals surface area contributed by atoms with Gasteiger partial charge in [0.25, 0.3) is 5.89 Å². The normalized spacial score (nSPS) is 11.2. The second kappa shape index (κ2) is 8.10. The van der Waals surface area contributed by atoms with Crippen molar-refractivity contribution in [3.63, 3.8) is 0 Å². The molecule has 0 radical (unpaired) electrons. The first-order chi connectivity index (χ1) is 12.8. The van der Waals surface area contributed by atoms with Crippen LogP contribution in [-0.2, 0) is 17.9 Å². The summed E-state index contributed by atoms with van der Waals surface area (Å²) in [6, 6.07) is 7.00. The summed E-state index contributed by atoms with van der Waals surface area (Å²) in [5.41, 5.74) is 1.50. The summed E-state index contributed by atoms with van der Waals surface area (Å²) in [6.07, 6.45) is 0. The van der Waals surface area contributed by atoms with Crippen molar-refractivity contribution < 1.29 is 14.1 Å². The summed E-state index contributed by atoms with van der Waals surface area (Å²) in [4.78, 5) is 16.6. The highest BCUT2D eigenvalue weighted by Crippen LogP contribution is 2.23. The number of esters is 1. The number of carbonyl (C=O) groups excluding carboxylic acids is 1. The second-order valence-corrected chi connectivity index (χ2v) is 7.22. The summed E-state index contributed by atoms with van der Waals surface area (Å²) >= 11 is 12.1. The van der Waals surface area contributed by atoms with Crippen molar-refractivity contribution in [1.82, 2.24) is 19.9 Å². The first-order valence-electron chi connectivity index (χ1n) is 8.33. The number of carbonyl (C=O) groups is 1. The molecule has 0 aliphatic rings. The molecule has 0 N–H and O–H groups in total. The predicted molar refractivity (Wildman–Crippen MR) is 101 cm³/mol. The van der Waals surface area contributed by atoms with Crippen LogP contribution in [0, 0.1) is 12.8 Å². The minimum Gasteiger partial charge on any atom is -0.452 e. The Kier molecular flexibility index (Phi) is 5.82. The molecule has 3 aromatic rings. The average molecular weight is 409 g/mol. The fourth-order valence-electron chi connectivity index (χ4n) is 2.48. The molecule has 0 saturated carbocycles. The molecule has 0 saturated heterocycles. The van der Waals surface area contributed by atoms with Crippen molar-refractivity contribution in [2.75, 3.05) is 0 Å². The SMILES string of the molecule is Cc1nn(CC(C)C)c(Cl)c1C(=O)OCc1nc(-c2ccc(Cl)cc2)no1. The van der Waals surface area contributed by atoms with Crippen LogP contribution in [0.25, 0.3) is 11.4 Å². The molecule has 0 aliphatic heterocycles. The van der Waals surface area contributed by atoms with Crippen molar-refractivity contribution >= 4 is 29.2 Å². The van der Waals surface area contributed by atoms with Gasteiger partial charge in [0, 0.05) is 17.1 Å². The van der Waals surface area contributed by atoms with Crippen molar-refractivity contribution in [2.24, 2.45) is 5.92 Å². The molecule has 9 heteroatoms. The molecule has 142 valence electrons. The molecular formula is C18H18Cl2N4O3. The van der Waals surface area contributed by atoms with Gasteiger partial charge in [-0.15, -0.1) is 0 Å². The number of aromatic nitrogens is 4.